The number of nitriles is 1. The number of likely N-dealkylation sites (N-methyl/N-ethyl adjacent to an activating group) is 1. The lowest BCUT2D eigenvalue weighted by Gasteiger charge is -2.32. The maximum Gasteiger partial charge on any atom is 0.0991 e. The average Bonchev–Trinajstić information content (AvgIpc) is 2.65. The first-order chi connectivity index (χ1) is 12.2. The molecule has 2 aromatic carbocycles. The Bertz CT molecular complexity index is 709. The van der Waals surface area contributed by atoms with Gasteiger partial charge in [0.05, 0.1) is 11.6 Å². The summed E-state index contributed by atoms with van der Waals surface area (Å²) >= 11 is 0. The largest absolute Gasteiger partial charge is 0.309 e. The van der Waals surface area contributed by atoms with E-state index in [9.17, 15) is 0 Å². The van der Waals surface area contributed by atoms with Crippen molar-refractivity contribution < 1.29 is 0 Å². The lowest BCUT2D eigenvalue weighted by Crippen LogP contribution is -2.43. The molecule has 0 bridgehead atoms. The molecule has 1 N–H and O–H groups in total. The molecule has 130 valence electrons. The molecule has 0 unspecified atom stereocenters. The summed E-state index contributed by atoms with van der Waals surface area (Å²) in [7, 11) is 2.19. The van der Waals surface area contributed by atoms with Gasteiger partial charge in [-0.3, -0.25) is 4.90 Å². The standard InChI is InChI=1S/C21H26N4/c1-24-9-11-25(12-10-24)17-19-7-5-18(6-8-19)15-23-16-21-4-2-3-20(13-21)14-22/h2-8,13,23H,9-12,15-17H2,1H3. The Morgan fingerprint density at radius 2 is 1.60 bits per heavy atom. The zero-order chi connectivity index (χ0) is 17.5. The Hall–Kier alpha value is -2.19. The van der Waals surface area contributed by atoms with Crippen LogP contribution in [0.4, 0.5) is 0 Å². The number of rotatable bonds is 6. The van der Waals surface area contributed by atoms with E-state index in [-0.39, 0.29) is 0 Å². The summed E-state index contributed by atoms with van der Waals surface area (Å²) in [6, 6.07) is 18.8. The van der Waals surface area contributed by atoms with E-state index in [1.807, 2.05) is 24.3 Å². The van der Waals surface area contributed by atoms with Crippen LogP contribution in [0.3, 0.4) is 0 Å². The number of nitrogens with one attached hydrogen (secondary N) is 1. The fourth-order valence-corrected chi connectivity index (χ4v) is 3.13. The van der Waals surface area contributed by atoms with Gasteiger partial charge in [-0.15, -0.1) is 0 Å². The van der Waals surface area contributed by atoms with E-state index in [1.54, 1.807) is 0 Å². The number of nitrogens with zero attached hydrogens (tertiary/aromatic N) is 3. The quantitative estimate of drug-likeness (QED) is 0.882. The van der Waals surface area contributed by atoms with Gasteiger partial charge < -0.3 is 10.2 Å². The summed E-state index contributed by atoms with van der Waals surface area (Å²) in [6.45, 7) is 7.29. The van der Waals surface area contributed by atoms with Crippen LogP contribution in [0.1, 0.15) is 22.3 Å². The molecule has 3 rings (SSSR count). The molecule has 0 spiro atoms. The monoisotopic (exact) mass is 334 g/mol. The summed E-state index contributed by atoms with van der Waals surface area (Å²) in [4.78, 5) is 4.91. The third kappa shape index (κ3) is 5.40. The van der Waals surface area contributed by atoms with E-state index < -0.39 is 0 Å². The molecule has 0 amide bonds. The van der Waals surface area contributed by atoms with Crippen LogP contribution in [-0.2, 0) is 19.6 Å². The molecule has 0 atom stereocenters. The van der Waals surface area contributed by atoms with Crippen LogP contribution in [0.25, 0.3) is 0 Å². The highest BCUT2D eigenvalue weighted by Crippen LogP contribution is 2.10. The highest BCUT2D eigenvalue weighted by Gasteiger charge is 2.13. The van der Waals surface area contributed by atoms with Crippen molar-refractivity contribution in [3.63, 3.8) is 0 Å². The molecule has 1 aliphatic heterocycles. The van der Waals surface area contributed by atoms with Gasteiger partial charge in [0.1, 0.15) is 0 Å². The van der Waals surface area contributed by atoms with Gasteiger partial charge in [-0.2, -0.15) is 5.26 Å². The number of benzene rings is 2. The Morgan fingerprint density at radius 1 is 0.920 bits per heavy atom. The molecule has 0 aromatic heterocycles. The Balaban J connectivity index is 1.45. The van der Waals surface area contributed by atoms with Crippen molar-refractivity contribution in [2.24, 2.45) is 0 Å². The van der Waals surface area contributed by atoms with Crippen LogP contribution in [0.5, 0.6) is 0 Å². The minimum absolute atomic E-state index is 0.715. The summed E-state index contributed by atoms with van der Waals surface area (Å²) in [5.74, 6) is 0. The minimum atomic E-state index is 0.715. The predicted molar refractivity (Wildman–Crippen MR) is 101 cm³/mol. The number of hydrogen-bond donors (Lipinski definition) is 1. The molecule has 1 aliphatic rings. The molecular formula is C21H26N4. The topological polar surface area (TPSA) is 42.3 Å². The zero-order valence-electron chi connectivity index (χ0n) is 14.9. The summed E-state index contributed by atoms with van der Waals surface area (Å²) in [6.07, 6.45) is 0. The van der Waals surface area contributed by atoms with E-state index in [0.29, 0.717) is 5.56 Å². The molecule has 25 heavy (non-hydrogen) atoms. The van der Waals surface area contributed by atoms with Crippen molar-refractivity contribution in [1.29, 1.82) is 5.26 Å². The first kappa shape index (κ1) is 17.6. The van der Waals surface area contributed by atoms with Crippen LogP contribution in [0, 0.1) is 11.3 Å². The first-order valence-electron chi connectivity index (χ1n) is 8.91. The molecule has 0 aliphatic carbocycles. The number of hydrogen-bond acceptors (Lipinski definition) is 4. The van der Waals surface area contributed by atoms with E-state index in [4.69, 9.17) is 5.26 Å². The van der Waals surface area contributed by atoms with Crippen LogP contribution < -0.4 is 5.32 Å². The van der Waals surface area contributed by atoms with Gasteiger partial charge in [-0.1, -0.05) is 36.4 Å². The average molecular weight is 334 g/mol. The van der Waals surface area contributed by atoms with Crippen molar-refractivity contribution in [2.45, 2.75) is 19.6 Å². The third-order valence-corrected chi connectivity index (χ3v) is 4.74. The molecule has 4 heteroatoms. The van der Waals surface area contributed by atoms with Crippen molar-refractivity contribution >= 4 is 0 Å². The zero-order valence-corrected chi connectivity index (χ0v) is 14.9. The van der Waals surface area contributed by atoms with Crippen LogP contribution >= 0.6 is 0 Å². The second-order valence-electron chi connectivity index (χ2n) is 6.81. The second kappa shape index (κ2) is 8.77. The molecule has 1 saturated heterocycles. The molecule has 0 saturated carbocycles. The van der Waals surface area contributed by atoms with Gasteiger partial charge in [-0.05, 0) is 35.9 Å². The highest BCUT2D eigenvalue weighted by molar-refractivity contribution is 5.32. The van der Waals surface area contributed by atoms with Gasteiger partial charge in [0.15, 0.2) is 0 Å². The predicted octanol–water partition coefficient (Wildman–Crippen LogP) is 2.60. The smallest absolute Gasteiger partial charge is 0.0991 e. The molecule has 1 fully saturated rings. The first-order valence-corrected chi connectivity index (χ1v) is 8.91. The van der Waals surface area contributed by atoms with E-state index in [2.05, 4.69) is 52.5 Å². The van der Waals surface area contributed by atoms with Crippen molar-refractivity contribution in [3.05, 3.63) is 70.8 Å². The molecule has 2 aromatic rings. The maximum atomic E-state index is 8.95. The Kier molecular flexibility index (Phi) is 6.19. The SMILES string of the molecule is CN1CCN(Cc2ccc(CNCc3cccc(C#N)c3)cc2)CC1. The van der Waals surface area contributed by atoms with E-state index in [1.165, 1.54) is 11.1 Å². The molecular weight excluding hydrogens is 308 g/mol. The fraction of sp³-hybridized carbons (Fsp3) is 0.381. The Morgan fingerprint density at radius 3 is 2.32 bits per heavy atom. The van der Waals surface area contributed by atoms with E-state index in [0.717, 1.165) is 51.4 Å². The van der Waals surface area contributed by atoms with Crippen molar-refractivity contribution in [3.8, 4) is 6.07 Å². The van der Waals surface area contributed by atoms with Gasteiger partial charge in [0.25, 0.3) is 0 Å². The van der Waals surface area contributed by atoms with Gasteiger partial charge in [0.2, 0.25) is 0 Å². The van der Waals surface area contributed by atoms with Gasteiger partial charge in [-0.25, -0.2) is 0 Å². The second-order valence-corrected chi connectivity index (χ2v) is 6.81. The van der Waals surface area contributed by atoms with E-state index >= 15 is 0 Å². The molecule has 0 radical (unpaired) electrons. The maximum absolute atomic E-state index is 8.95. The summed E-state index contributed by atoms with van der Waals surface area (Å²) in [5, 5.41) is 12.4. The van der Waals surface area contributed by atoms with Crippen molar-refractivity contribution in [2.75, 3.05) is 33.2 Å². The lowest BCUT2D eigenvalue weighted by atomic mass is 10.1. The van der Waals surface area contributed by atoms with Crippen LogP contribution in [-0.4, -0.2) is 43.0 Å². The highest BCUT2D eigenvalue weighted by atomic mass is 15.2. The molecule has 1 heterocycles. The number of piperazine rings is 1. The van der Waals surface area contributed by atoms with Gasteiger partial charge >= 0.3 is 0 Å². The summed E-state index contributed by atoms with van der Waals surface area (Å²) < 4.78 is 0. The normalized spacial score (nSPS) is 15.8. The fourth-order valence-electron chi connectivity index (χ4n) is 3.13. The molecule has 4 nitrogen and oxygen atoms in total. The van der Waals surface area contributed by atoms with Crippen LogP contribution in [0.15, 0.2) is 48.5 Å². The Labute approximate surface area is 150 Å². The third-order valence-electron chi connectivity index (χ3n) is 4.74. The minimum Gasteiger partial charge on any atom is -0.309 e. The van der Waals surface area contributed by atoms with Gasteiger partial charge in [0, 0.05) is 45.8 Å². The summed E-state index contributed by atoms with van der Waals surface area (Å²) in [5.41, 5.74) is 4.53. The van der Waals surface area contributed by atoms with Crippen molar-refractivity contribution in [1.82, 2.24) is 15.1 Å². The van der Waals surface area contributed by atoms with Crippen LogP contribution in [0.2, 0.25) is 0 Å². The lowest BCUT2D eigenvalue weighted by molar-refractivity contribution is 0.148.